The van der Waals surface area contributed by atoms with Crippen molar-refractivity contribution in [2.24, 2.45) is 5.92 Å². The van der Waals surface area contributed by atoms with E-state index in [2.05, 4.69) is 47.1 Å². The molecule has 132 valence electrons. The molecule has 2 fully saturated rings. The van der Waals surface area contributed by atoms with Gasteiger partial charge in [0.2, 0.25) is 5.91 Å². The summed E-state index contributed by atoms with van der Waals surface area (Å²) in [5, 5.41) is 9.03. The van der Waals surface area contributed by atoms with Crippen molar-refractivity contribution in [3.05, 3.63) is 59.3 Å². The summed E-state index contributed by atoms with van der Waals surface area (Å²) < 4.78 is 0. The molecule has 5 heteroatoms. The van der Waals surface area contributed by atoms with Gasteiger partial charge in [-0.3, -0.25) is 4.79 Å². The van der Waals surface area contributed by atoms with Gasteiger partial charge in [-0.2, -0.15) is 5.26 Å². The van der Waals surface area contributed by atoms with Gasteiger partial charge in [0.25, 0.3) is 0 Å². The number of benzene rings is 1. The molecule has 2 heterocycles. The van der Waals surface area contributed by atoms with Gasteiger partial charge in [-0.15, -0.1) is 0 Å². The molecule has 0 N–H and O–H groups in total. The number of aryl methyl sites for hydroxylation is 1. The van der Waals surface area contributed by atoms with Gasteiger partial charge in [0.15, 0.2) is 0 Å². The highest BCUT2D eigenvalue weighted by Gasteiger charge is 2.46. The van der Waals surface area contributed by atoms with Crippen molar-refractivity contribution < 1.29 is 4.79 Å². The minimum Gasteiger partial charge on any atom is -0.353 e. The Labute approximate surface area is 153 Å². The quantitative estimate of drug-likeness (QED) is 0.857. The van der Waals surface area contributed by atoms with Crippen LogP contribution in [0.5, 0.6) is 0 Å². The fourth-order valence-electron chi connectivity index (χ4n) is 3.79. The summed E-state index contributed by atoms with van der Waals surface area (Å²) >= 11 is 0. The maximum atomic E-state index is 12.8. The van der Waals surface area contributed by atoms with E-state index in [4.69, 9.17) is 5.26 Å². The van der Waals surface area contributed by atoms with Crippen molar-refractivity contribution in [1.29, 1.82) is 5.26 Å². The first kappa shape index (κ1) is 16.6. The van der Waals surface area contributed by atoms with Crippen LogP contribution in [-0.2, 0) is 4.79 Å². The normalized spacial score (nSPS) is 22.0. The number of hydrogen-bond donors (Lipinski definition) is 0. The number of piperazine rings is 1. The zero-order valence-electron chi connectivity index (χ0n) is 14.9. The second-order valence-corrected chi connectivity index (χ2v) is 7.19. The highest BCUT2D eigenvalue weighted by molar-refractivity contribution is 5.83. The van der Waals surface area contributed by atoms with Crippen LogP contribution in [-0.4, -0.2) is 42.0 Å². The summed E-state index contributed by atoms with van der Waals surface area (Å²) in [6.07, 6.45) is 2.64. The third kappa shape index (κ3) is 3.28. The van der Waals surface area contributed by atoms with E-state index in [1.165, 1.54) is 11.1 Å². The third-order valence-corrected chi connectivity index (χ3v) is 5.37. The van der Waals surface area contributed by atoms with Crippen LogP contribution in [0.1, 0.15) is 29.0 Å². The SMILES string of the molecule is Cc1cccc(C2CC2C(=O)N2CCN(c3cc(C#N)ccn3)CC2)c1. The van der Waals surface area contributed by atoms with Gasteiger partial charge in [0.05, 0.1) is 11.6 Å². The van der Waals surface area contributed by atoms with E-state index in [0.717, 1.165) is 25.3 Å². The van der Waals surface area contributed by atoms with Crippen molar-refractivity contribution in [2.45, 2.75) is 19.3 Å². The maximum Gasteiger partial charge on any atom is 0.226 e. The lowest BCUT2D eigenvalue weighted by atomic mass is 10.1. The van der Waals surface area contributed by atoms with Gasteiger partial charge in [0, 0.05) is 38.3 Å². The van der Waals surface area contributed by atoms with E-state index in [-0.39, 0.29) is 11.8 Å². The molecular weight excluding hydrogens is 324 g/mol. The van der Waals surface area contributed by atoms with E-state index >= 15 is 0 Å². The van der Waals surface area contributed by atoms with Crippen LogP contribution in [0.4, 0.5) is 5.82 Å². The van der Waals surface area contributed by atoms with Gasteiger partial charge in [0.1, 0.15) is 5.82 Å². The molecule has 1 saturated heterocycles. The molecule has 1 saturated carbocycles. The predicted octanol–water partition coefficient (Wildman–Crippen LogP) is 2.71. The van der Waals surface area contributed by atoms with Crippen LogP contribution in [0, 0.1) is 24.2 Å². The number of amides is 1. The number of hydrogen-bond acceptors (Lipinski definition) is 4. The fraction of sp³-hybridized carbons (Fsp3) is 0.381. The molecule has 1 aliphatic carbocycles. The zero-order valence-corrected chi connectivity index (χ0v) is 14.9. The molecule has 2 atom stereocenters. The molecule has 1 amide bonds. The maximum absolute atomic E-state index is 12.8. The second kappa shape index (κ2) is 6.80. The van der Waals surface area contributed by atoms with E-state index < -0.39 is 0 Å². The molecule has 2 unspecified atom stereocenters. The summed E-state index contributed by atoms with van der Waals surface area (Å²) in [6.45, 7) is 5.05. The molecule has 0 spiro atoms. The highest BCUT2D eigenvalue weighted by atomic mass is 16.2. The summed E-state index contributed by atoms with van der Waals surface area (Å²) in [5.41, 5.74) is 3.16. The molecule has 2 aliphatic rings. The number of pyridine rings is 1. The van der Waals surface area contributed by atoms with Crippen LogP contribution in [0.25, 0.3) is 0 Å². The Bertz CT molecular complexity index is 864. The smallest absolute Gasteiger partial charge is 0.226 e. The molecule has 26 heavy (non-hydrogen) atoms. The van der Waals surface area contributed by atoms with Gasteiger partial charge < -0.3 is 9.80 Å². The first-order chi connectivity index (χ1) is 12.7. The van der Waals surface area contributed by atoms with Gasteiger partial charge in [-0.25, -0.2) is 4.98 Å². The van der Waals surface area contributed by atoms with Crippen molar-refractivity contribution in [2.75, 3.05) is 31.1 Å². The first-order valence-electron chi connectivity index (χ1n) is 9.12. The van der Waals surface area contributed by atoms with Crippen molar-refractivity contribution >= 4 is 11.7 Å². The topological polar surface area (TPSA) is 60.2 Å². The van der Waals surface area contributed by atoms with Gasteiger partial charge in [-0.1, -0.05) is 29.8 Å². The van der Waals surface area contributed by atoms with Crippen molar-refractivity contribution in [3.8, 4) is 6.07 Å². The number of carbonyl (C=O) groups is 1. The molecule has 0 radical (unpaired) electrons. The van der Waals surface area contributed by atoms with E-state index in [0.29, 0.717) is 24.6 Å². The van der Waals surface area contributed by atoms with Crippen molar-refractivity contribution in [1.82, 2.24) is 9.88 Å². The Morgan fingerprint density at radius 3 is 2.73 bits per heavy atom. The number of nitrogens with zero attached hydrogens (tertiary/aromatic N) is 4. The van der Waals surface area contributed by atoms with Crippen LogP contribution in [0.3, 0.4) is 0 Å². The standard InChI is InChI=1S/C21H22N4O/c1-15-3-2-4-17(11-15)18-13-19(18)21(26)25-9-7-24(8-10-25)20-12-16(14-22)5-6-23-20/h2-6,11-12,18-19H,7-10,13H2,1H3. The number of rotatable bonds is 3. The minimum atomic E-state index is 0.142. The average Bonchev–Trinajstić information content (AvgIpc) is 3.48. The van der Waals surface area contributed by atoms with Crippen LogP contribution < -0.4 is 4.90 Å². The summed E-state index contributed by atoms with van der Waals surface area (Å²) in [6, 6.07) is 14.2. The van der Waals surface area contributed by atoms with E-state index in [9.17, 15) is 4.79 Å². The van der Waals surface area contributed by atoms with Gasteiger partial charge in [-0.05, 0) is 37.0 Å². The molecular formula is C21H22N4O. The fourth-order valence-corrected chi connectivity index (χ4v) is 3.79. The Balaban J connectivity index is 1.35. The zero-order chi connectivity index (χ0) is 18.1. The largest absolute Gasteiger partial charge is 0.353 e. The molecule has 1 aliphatic heterocycles. The number of nitriles is 1. The number of anilines is 1. The van der Waals surface area contributed by atoms with Crippen molar-refractivity contribution in [3.63, 3.8) is 0 Å². The Morgan fingerprint density at radius 2 is 2.00 bits per heavy atom. The molecule has 1 aromatic heterocycles. The monoisotopic (exact) mass is 346 g/mol. The number of carbonyl (C=O) groups excluding carboxylic acids is 1. The lowest BCUT2D eigenvalue weighted by Gasteiger charge is -2.35. The number of aromatic nitrogens is 1. The Hall–Kier alpha value is -2.87. The predicted molar refractivity (Wildman–Crippen MR) is 99.8 cm³/mol. The first-order valence-corrected chi connectivity index (χ1v) is 9.12. The summed E-state index contributed by atoms with van der Waals surface area (Å²) in [5.74, 6) is 1.63. The lowest BCUT2D eigenvalue weighted by Crippen LogP contribution is -2.49. The van der Waals surface area contributed by atoms with Crippen LogP contribution in [0.2, 0.25) is 0 Å². The Kier molecular flexibility index (Phi) is 4.34. The lowest BCUT2D eigenvalue weighted by molar-refractivity contribution is -0.133. The van der Waals surface area contributed by atoms with Crippen LogP contribution >= 0.6 is 0 Å². The molecule has 0 bridgehead atoms. The highest BCUT2D eigenvalue weighted by Crippen LogP contribution is 2.48. The second-order valence-electron chi connectivity index (χ2n) is 7.19. The van der Waals surface area contributed by atoms with E-state index in [1.54, 1.807) is 12.3 Å². The van der Waals surface area contributed by atoms with Gasteiger partial charge >= 0.3 is 0 Å². The molecule has 2 aromatic rings. The van der Waals surface area contributed by atoms with E-state index in [1.807, 2.05) is 11.0 Å². The summed E-state index contributed by atoms with van der Waals surface area (Å²) in [7, 11) is 0. The average molecular weight is 346 g/mol. The summed E-state index contributed by atoms with van der Waals surface area (Å²) in [4.78, 5) is 21.3. The molecule has 4 rings (SSSR count). The van der Waals surface area contributed by atoms with Crippen LogP contribution in [0.15, 0.2) is 42.6 Å². The minimum absolute atomic E-state index is 0.142. The molecule has 5 nitrogen and oxygen atoms in total. The third-order valence-electron chi connectivity index (χ3n) is 5.37. The Morgan fingerprint density at radius 1 is 1.19 bits per heavy atom. The molecule has 1 aromatic carbocycles.